The normalized spacial score (nSPS) is 15.0. The minimum Gasteiger partial charge on any atom is -0.493 e. The van der Waals surface area contributed by atoms with Crippen molar-refractivity contribution < 1.29 is 22.7 Å². The monoisotopic (exact) mass is 444 g/mol. The van der Waals surface area contributed by atoms with Crippen molar-refractivity contribution in [2.24, 2.45) is 0 Å². The van der Waals surface area contributed by atoms with Gasteiger partial charge in [0.2, 0.25) is 10.0 Å². The number of hydrogen-bond donors (Lipinski definition) is 1. The molecule has 0 spiro atoms. The van der Waals surface area contributed by atoms with Crippen LogP contribution in [0.2, 0.25) is 0 Å². The molecule has 1 amide bonds. The van der Waals surface area contributed by atoms with Crippen LogP contribution in [0.3, 0.4) is 0 Å². The zero-order valence-corrected chi connectivity index (χ0v) is 18.7. The Morgan fingerprint density at radius 3 is 2.42 bits per heavy atom. The van der Waals surface area contributed by atoms with Gasteiger partial charge in [0.05, 0.1) is 12.0 Å². The van der Waals surface area contributed by atoms with Gasteiger partial charge in [0.1, 0.15) is 0 Å². The summed E-state index contributed by atoms with van der Waals surface area (Å²) in [4.78, 5) is 12.5. The first-order chi connectivity index (χ1) is 14.9. The molecule has 1 heterocycles. The van der Waals surface area contributed by atoms with Gasteiger partial charge < -0.3 is 14.8 Å². The Balaban J connectivity index is 1.59. The number of anilines is 1. The van der Waals surface area contributed by atoms with Gasteiger partial charge in [-0.2, -0.15) is 4.31 Å². The van der Waals surface area contributed by atoms with Crippen molar-refractivity contribution in [1.29, 1.82) is 0 Å². The molecule has 2 aromatic carbocycles. The summed E-state index contributed by atoms with van der Waals surface area (Å²) in [5.74, 6) is 0.649. The third-order valence-electron chi connectivity index (χ3n) is 5.00. The van der Waals surface area contributed by atoms with Crippen LogP contribution in [0.1, 0.15) is 31.7 Å². The largest absolute Gasteiger partial charge is 0.493 e. The van der Waals surface area contributed by atoms with Gasteiger partial charge in [0.15, 0.2) is 18.1 Å². The second-order valence-corrected chi connectivity index (χ2v) is 9.17. The van der Waals surface area contributed by atoms with Crippen LogP contribution < -0.4 is 14.8 Å². The molecule has 3 rings (SSSR count). The summed E-state index contributed by atoms with van der Waals surface area (Å²) in [6.45, 7) is 2.83. The van der Waals surface area contributed by atoms with Gasteiger partial charge in [-0.05, 0) is 61.7 Å². The predicted octanol–water partition coefficient (Wildman–Crippen LogP) is 3.92. The molecule has 31 heavy (non-hydrogen) atoms. The fourth-order valence-electron chi connectivity index (χ4n) is 3.40. The number of nitrogens with one attached hydrogen (secondary N) is 1. The maximum absolute atomic E-state index is 12.7. The van der Waals surface area contributed by atoms with E-state index in [2.05, 4.69) is 5.32 Å². The van der Waals surface area contributed by atoms with Crippen molar-refractivity contribution in [3.8, 4) is 11.5 Å². The first-order valence-electron chi connectivity index (χ1n) is 10.3. The molecule has 0 aromatic heterocycles. The summed E-state index contributed by atoms with van der Waals surface area (Å²) in [5, 5.41) is 2.72. The SMILES string of the molecule is C/C=C/c1ccc(OCC(=O)Nc2ccc(S(=O)(=O)N3CCCCC3)cc2)c(OC)c1. The summed E-state index contributed by atoms with van der Waals surface area (Å²) < 4.78 is 37.9. The van der Waals surface area contributed by atoms with E-state index in [4.69, 9.17) is 9.47 Å². The Hall–Kier alpha value is -2.84. The maximum Gasteiger partial charge on any atom is 0.262 e. The Morgan fingerprint density at radius 2 is 1.77 bits per heavy atom. The first kappa shape index (κ1) is 22.8. The van der Waals surface area contributed by atoms with E-state index in [1.165, 1.54) is 16.4 Å². The molecule has 1 aliphatic heterocycles. The number of hydrogen-bond acceptors (Lipinski definition) is 5. The molecule has 0 unspecified atom stereocenters. The Bertz CT molecular complexity index is 1030. The summed E-state index contributed by atoms with van der Waals surface area (Å²) in [7, 11) is -1.95. The molecule has 0 aliphatic carbocycles. The number of allylic oxidation sites excluding steroid dienone is 1. The number of ether oxygens (including phenoxy) is 2. The minimum absolute atomic E-state index is 0.201. The second kappa shape index (κ2) is 10.5. The average molecular weight is 445 g/mol. The third-order valence-corrected chi connectivity index (χ3v) is 6.91. The van der Waals surface area contributed by atoms with Crippen LogP contribution in [-0.4, -0.2) is 45.4 Å². The minimum atomic E-state index is -3.49. The number of nitrogens with zero attached hydrogens (tertiary/aromatic N) is 1. The summed E-state index contributed by atoms with van der Waals surface area (Å²) in [6, 6.07) is 11.7. The molecule has 1 saturated heterocycles. The molecule has 2 aromatic rings. The van der Waals surface area contributed by atoms with Crippen LogP contribution in [0.5, 0.6) is 11.5 Å². The second-order valence-electron chi connectivity index (χ2n) is 7.24. The van der Waals surface area contributed by atoms with E-state index >= 15 is 0 Å². The van der Waals surface area contributed by atoms with Gasteiger partial charge in [-0.1, -0.05) is 24.6 Å². The molecule has 1 aliphatic rings. The van der Waals surface area contributed by atoms with Crippen molar-refractivity contribution in [3.05, 3.63) is 54.1 Å². The van der Waals surface area contributed by atoms with Crippen molar-refractivity contribution in [2.45, 2.75) is 31.1 Å². The van der Waals surface area contributed by atoms with Crippen LogP contribution in [0.4, 0.5) is 5.69 Å². The Kier molecular flexibility index (Phi) is 7.70. The first-order valence-corrected chi connectivity index (χ1v) is 11.7. The number of benzene rings is 2. The number of methoxy groups -OCH3 is 1. The lowest BCUT2D eigenvalue weighted by Crippen LogP contribution is -2.35. The van der Waals surface area contributed by atoms with E-state index in [-0.39, 0.29) is 17.4 Å². The van der Waals surface area contributed by atoms with Crippen molar-refractivity contribution in [3.63, 3.8) is 0 Å². The number of carbonyl (C=O) groups is 1. The van der Waals surface area contributed by atoms with Crippen LogP contribution in [0.15, 0.2) is 53.4 Å². The van der Waals surface area contributed by atoms with Crippen LogP contribution in [0.25, 0.3) is 6.08 Å². The molecule has 0 bridgehead atoms. The fourth-order valence-corrected chi connectivity index (χ4v) is 4.92. The van der Waals surface area contributed by atoms with E-state index in [0.717, 1.165) is 24.8 Å². The van der Waals surface area contributed by atoms with E-state index in [0.29, 0.717) is 30.3 Å². The van der Waals surface area contributed by atoms with E-state index in [1.54, 1.807) is 25.3 Å². The van der Waals surface area contributed by atoms with Gasteiger partial charge in [-0.25, -0.2) is 8.42 Å². The van der Waals surface area contributed by atoms with E-state index in [1.807, 2.05) is 31.2 Å². The van der Waals surface area contributed by atoms with Crippen LogP contribution in [-0.2, 0) is 14.8 Å². The molecule has 1 fully saturated rings. The van der Waals surface area contributed by atoms with Crippen molar-refractivity contribution >= 4 is 27.7 Å². The molecule has 0 saturated carbocycles. The molecule has 0 radical (unpaired) electrons. The number of piperidine rings is 1. The molecule has 1 N–H and O–H groups in total. The van der Waals surface area contributed by atoms with Gasteiger partial charge >= 0.3 is 0 Å². The highest BCUT2D eigenvalue weighted by Crippen LogP contribution is 2.28. The Morgan fingerprint density at radius 1 is 1.06 bits per heavy atom. The van der Waals surface area contributed by atoms with Crippen LogP contribution in [0, 0.1) is 0 Å². The quantitative estimate of drug-likeness (QED) is 0.667. The lowest BCUT2D eigenvalue weighted by Gasteiger charge is -2.25. The van der Waals surface area contributed by atoms with E-state index in [9.17, 15) is 13.2 Å². The van der Waals surface area contributed by atoms with Crippen molar-refractivity contribution in [2.75, 3.05) is 32.1 Å². The lowest BCUT2D eigenvalue weighted by molar-refractivity contribution is -0.118. The molecule has 7 nitrogen and oxygen atoms in total. The number of rotatable bonds is 8. The Labute approximate surface area is 183 Å². The molecule has 0 atom stereocenters. The lowest BCUT2D eigenvalue weighted by atomic mass is 10.2. The van der Waals surface area contributed by atoms with Gasteiger partial charge in [0.25, 0.3) is 5.91 Å². The zero-order valence-electron chi connectivity index (χ0n) is 17.8. The zero-order chi connectivity index (χ0) is 22.3. The highest BCUT2D eigenvalue weighted by molar-refractivity contribution is 7.89. The summed E-state index contributed by atoms with van der Waals surface area (Å²) in [6.07, 6.45) is 6.69. The fraction of sp³-hybridized carbons (Fsp3) is 0.348. The van der Waals surface area contributed by atoms with Gasteiger partial charge in [0, 0.05) is 18.8 Å². The smallest absolute Gasteiger partial charge is 0.262 e. The predicted molar refractivity (Wildman–Crippen MR) is 121 cm³/mol. The topological polar surface area (TPSA) is 84.9 Å². The number of amides is 1. The van der Waals surface area contributed by atoms with Crippen LogP contribution >= 0.6 is 0 Å². The molecule has 166 valence electrons. The molecule has 8 heteroatoms. The highest BCUT2D eigenvalue weighted by Gasteiger charge is 2.25. The maximum atomic E-state index is 12.7. The van der Waals surface area contributed by atoms with Gasteiger partial charge in [-0.15, -0.1) is 0 Å². The summed E-state index contributed by atoms with van der Waals surface area (Å²) >= 11 is 0. The standard InChI is InChI=1S/C23H28N2O5S/c1-3-7-18-8-13-21(22(16-18)29-2)30-17-23(26)24-19-9-11-20(12-10-19)31(27,28)25-14-5-4-6-15-25/h3,7-13,16H,4-6,14-15,17H2,1-2H3,(H,24,26)/b7-3+. The molecular weight excluding hydrogens is 416 g/mol. The van der Waals surface area contributed by atoms with Gasteiger partial charge in [-0.3, -0.25) is 4.79 Å². The van der Waals surface area contributed by atoms with Crippen molar-refractivity contribution in [1.82, 2.24) is 4.31 Å². The number of carbonyl (C=O) groups excluding carboxylic acids is 1. The third kappa shape index (κ3) is 5.86. The number of sulfonamides is 1. The van der Waals surface area contributed by atoms with E-state index < -0.39 is 10.0 Å². The molecular formula is C23H28N2O5S. The highest BCUT2D eigenvalue weighted by atomic mass is 32.2. The summed E-state index contributed by atoms with van der Waals surface area (Å²) in [5.41, 5.74) is 1.47. The average Bonchev–Trinajstić information content (AvgIpc) is 2.79.